The highest BCUT2D eigenvalue weighted by molar-refractivity contribution is 6.46. The van der Waals surface area contributed by atoms with Crippen molar-refractivity contribution in [3.63, 3.8) is 0 Å². The van der Waals surface area contributed by atoms with Crippen molar-refractivity contribution in [3.8, 4) is 5.75 Å². The Balaban J connectivity index is 2.07. The Morgan fingerprint density at radius 3 is 2.29 bits per heavy atom. The molecule has 0 aromatic heterocycles. The Labute approximate surface area is 165 Å². The molecule has 0 spiro atoms. The molecule has 2 aromatic carbocycles. The zero-order valence-corrected chi connectivity index (χ0v) is 16.4. The second-order valence-electron chi connectivity index (χ2n) is 7.09. The predicted molar refractivity (Wildman–Crippen MR) is 108 cm³/mol. The molecule has 28 heavy (non-hydrogen) atoms. The van der Waals surface area contributed by atoms with Gasteiger partial charge in [0.15, 0.2) is 0 Å². The van der Waals surface area contributed by atoms with Crippen LogP contribution in [0.1, 0.15) is 44.4 Å². The van der Waals surface area contributed by atoms with Crippen LogP contribution in [0.5, 0.6) is 5.75 Å². The molecule has 1 heterocycles. The van der Waals surface area contributed by atoms with Crippen molar-refractivity contribution >= 4 is 17.4 Å². The van der Waals surface area contributed by atoms with Crippen LogP contribution >= 0.6 is 0 Å². The topological polar surface area (TPSA) is 66.8 Å². The molecule has 1 amide bonds. The summed E-state index contributed by atoms with van der Waals surface area (Å²) in [5.41, 5.74) is 1.41. The van der Waals surface area contributed by atoms with E-state index in [1.165, 1.54) is 0 Å². The number of carbonyl (C=O) groups is 2. The first-order chi connectivity index (χ1) is 13.4. The Morgan fingerprint density at radius 2 is 1.71 bits per heavy atom. The van der Waals surface area contributed by atoms with Crippen molar-refractivity contribution in [1.82, 2.24) is 4.90 Å². The zero-order chi connectivity index (χ0) is 20.3. The minimum Gasteiger partial charge on any atom is -0.507 e. The van der Waals surface area contributed by atoms with Crippen molar-refractivity contribution in [1.29, 1.82) is 0 Å². The van der Waals surface area contributed by atoms with E-state index in [-0.39, 0.29) is 17.4 Å². The summed E-state index contributed by atoms with van der Waals surface area (Å²) in [6.07, 6.45) is 0.759. The van der Waals surface area contributed by atoms with Crippen molar-refractivity contribution in [3.05, 3.63) is 71.3 Å². The molecule has 0 aliphatic carbocycles. The highest BCUT2D eigenvalue weighted by Crippen LogP contribution is 2.39. The van der Waals surface area contributed by atoms with Gasteiger partial charge in [-0.25, -0.2) is 0 Å². The average Bonchev–Trinajstić information content (AvgIpc) is 2.93. The van der Waals surface area contributed by atoms with Crippen LogP contribution in [0.4, 0.5) is 0 Å². The first kappa shape index (κ1) is 19.7. The predicted octanol–water partition coefficient (Wildman–Crippen LogP) is 4.31. The molecule has 0 radical (unpaired) electrons. The van der Waals surface area contributed by atoms with Gasteiger partial charge in [-0.2, -0.15) is 0 Å². The van der Waals surface area contributed by atoms with Gasteiger partial charge in [0, 0.05) is 12.1 Å². The van der Waals surface area contributed by atoms with E-state index in [9.17, 15) is 14.7 Å². The highest BCUT2D eigenvalue weighted by Gasteiger charge is 2.45. The van der Waals surface area contributed by atoms with Crippen molar-refractivity contribution in [2.75, 3.05) is 6.54 Å². The number of ketones is 1. The smallest absolute Gasteiger partial charge is 0.295 e. The van der Waals surface area contributed by atoms with E-state index in [2.05, 4.69) is 0 Å². The van der Waals surface area contributed by atoms with Crippen LogP contribution in [0, 0.1) is 0 Å². The van der Waals surface area contributed by atoms with Crippen LogP contribution in [0.25, 0.3) is 5.76 Å². The third-order valence-corrected chi connectivity index (χ3v) is 4.62. The third kappa shape index (κ3) is 3.79. The molecular formula is C23H25NO4. The molecule has 1 saturated heterocycles. The fourth-order valence-corrected chi connectivity index (χ4v) is 3.45. The van der Waals surface area contributed by atoms with Gasteiger partial charge >= 0.3 is 0 Å². The monoisotopic (exact) mass is 379 g/mol. The fraction of sp³-hybridized carbons (Fsp3) is 0.304. The van der Waals surface area contributed by atoms with E-state index in [1.807, 2.05) is 51.1 Å². The molecule has 0 saturated carbocycles. The second-order valence-corrected chi connectivity index (χ2v) is 7.09. The number of aliphatic hydroxyl groups excluding tert-OH is 1. The van der Waals surface area contributed by atoms with E-state index in [0.29, 0.717) is 17.9 Å². The zero-order valence-electron chi connectivity index (χ0n) is 16.4. The Bertz CT molecular complexity index is 885. The minimum absolute atomic E-state index is 0.0388. The van der Waals surface area contributed by atoms with Crippen LogP contribution in [0.15, 0.2) is 60.2 Å². The molecule has 3 rings (SSSR count). The van der Waals surface area contributed by atoms with Gasteiger partial charge in [-0.15, -0.1) is 0 Å². The molecule has 0 bridgehead atoms. The number of aliphatic hydroxyl groups is 1. The number of hydrogen-bond acceptors (Lipinski definition) is 4. The largest absolute Gasteiger partial charge is 0.507 e. The van der Waals surface area contributed by atoms with E-state index in [1.54, 1.807) is 29.2 Å². The normalized spacial score (nSPS) is 18.7. The quantitative estimate of drug-likeness (QED) is 0.461. The third-order valence-electron chi connectivity index (χ3n) is 4.62. The highest BCUT2D eigenvalue weighted by atomic mass is 16.5. The molecule has 1 atom stereocenters. The molecule has 5 nitrogen and oxygen atoms in total. The van der Waals surface area contributed by atoms with Gasteiger partial charge in [-0.3, -0.25) is 9.59 Å². The van der Waals surface area contributed by atoms with Gasteiger partial charge < -0.3 is 14.7 Å². The van der Waals surface area contributed by atoms with Gasteiger partial charge in [0.25, 0.3) is 11.7 Å². The molecule has 1 aliphatic heterocycles. The summed E-state index contributed by atoms with van der Waals surface area (Å²) in [6.45, 7) is 6.27. The lowest BCUT2D eigenvalue weighted by Crippen LogP contribution is -2.30. The second kappa shape index (κ2) is 8.30. The SMILES string of the molecule is CCCN1C(=O)C(=O)/C(=C(\O)c2ccc(OC(C)C)cc2)C1c1ccccc1. The maximum absolute atomic E-state index is 12.8. The number of carbonyl (C=O) groups excluding carboxylic acids is 2. The first-order valence-corrected chi connectivity index (χ1v) is 9.54. The van der Waals surface area contributed by atoms with Gasteiger partial charge in [0.05, 0.1) is 17.7 Å². The van der Waals surface area contributed by atoms with E-state index in [0.717, 1.165) is 12.0 Å². The molecule has 2 aromatic rings. The maximum atomic E-state index is 12.8. The Kier molecular flexibility index (Phi) is 5.83. The molecule has 1 unspecified atom stereocenters. The summed E-state index contributed by atoms with van der Waals surface area (Å²) in [5, 5.41) is 10.9. The number of nitrogens with zero attached hydrogens (tertiary/aromatic N) is 1. The maximum Gasteiger partial charge on any atom is 0.295 e. The summed E-state index contributed by atoms with van der Waals surface area (Å²) in [7, 11) is 0. The van der Waals surface area contributed by atoms with Crippen LogP contribution in [0.3, 0.4) is 0 Å². The van der Waals surface area contributed by atoms with E-state index in [4.69, 9.17) is 4.74 Å². The molecule has 1 aliphatic rings. The Morgan fingerprint density at radius 1 is 1.07 bits per heavy atom. The van der Waals surface area contributed by atoms with E-state index >= 15 is 0 Å². The van der Waals surface area contributed by atoms with E-state index < -0.39 is 17.7 Å². The van der Waals surface area contributed by atoms with Crippen LogP contribution < -0.4 is 4.74 Å². The number of likely N-dealkylation sites (tertiary alicyclic amines) is 1. The van der Waals surface area contributed by atoms with Crippen LogP contribution in [-0.2, 0) is 9.59 Å². The summed E-state index contributed by atoms with van der Waals surface area (Å²) >= 11 is 0. The summed E-state index contributed by atoms with van der Waals surface area (Å²) < 4.78 is 5.63. The summed E-state index contributed by atoms with van der Waals surface area (Å²) in [4.78, 5) is 26.9. The average molecular weight is 379 g/mol. The van der Waals surface area contributed by atoms with Crippen molar-refractivity contribution < 1.29 is 19.4 Å². The van der Waals surface area contributed by atoms with Crippen LogP contribution in [-0.4, -0.2) is 34.3 Å². The van der Waals surface area contributed by atoms with Crippen molar-refractivity contribution in [2.24, 2.45) is 0 Å². The lowest BCUT2D eigenvalue weighted by Gasteiger charge is -2.24. The molecule has 1 N–H and O–H groups in total. The lowest BCUT2D eigenvalue weighted by molar-refractivity contribution is -0.139. The van der Waals surface area contributed by atoms with Gasteiger partial charge in [0.2, 0.25) is 0 Å². The van der Waals surface area contributed by atoms with Crippen molar-refractivity contribution in [2.45, 2.75) is 39.3 Å². The number of benzene rings is 2. The summed E-state index contributed by atoms with van der Waals surface area (Å²) in [5.74, 6) is -0.709. The molecule has 146 valence electrons. The number of ether oxygens (including phenoxy) is 1. The number of hydrogen-bond donors (Lipinski definition) is 1. The fourth-order valence-electron chi connectivity index (χ4n) is 3.45. The van der Waals surface area contributed by atoms with Crippen LogP contribution in [0.2, 0.25) is 0 Å². The van der Waals surface area contributed by atoms with Gasteiger partial charge in [0.1, 0.15) is 11.5 Å². The molecular weight excluding hydrogens is 354 g/mol. The standard InChI is InChI=1S/C23H25NO4/c1-4-14-24-20(16-8-6-5-7-9-16)19(22(26)23(24)27)21(25)17-10-12-18(13-11-17)28-15(2)3/h5-13,15,20,25H,4,14H2,1-3H3/b21-19-. The molecule has 5 heteroatoms. The number of rotatable bonds is 6. The molecule has 1 fully saturated rings. The van der Waals surface area contributed by atoms with Gasteiger partial charge in [-0.05, 0) is 50.1 Å². The van der Waals surface area contributed by atoms with Gasteiger partial charge in [-0.1, -0.05) is 37.3 Å². The number of Topliss-reactive ketones (excluding diaryl/α,β-unsaturated/α-hetero) is 1. The Hall–Kier alpha value is -3.08. The number of amides is 1. The minimum atomic E-state index is -0.651. The summed E-state index contributed by atoms with van der Waals surface area (Å²) in [6, 6.07) is 15.6. The lowest BCUT2D eigenvalue weighted by atomic mass is 9.95. The first-order valence-electron chi connectivity index (χ1n) is 9.54.